The number of carbonyl (C=O) groups is 2. The highest BCUT2D eigenvalue weighted by Crippen LogP contribution is 2.30. The van der Waals surface area contributed by atoms with Gasteiger partial charge < -0.3 is 14.4 Å². The summed E-state index contributed by atoms with van der Waals surface area (Å²) in [6, 6.07) is -0.271. The SMILES string of the molecule is CCOCC(=O)C1CN(C(=O)OC(C)(C)C)C(CC)CC1OS(C)(=O)=O. The van der Waals surface area contributed by atoms with Gasteiger partial charge in [0.05, 0.1) is 18.3 Å². The third-order valence-corrected chi connectivity index (χ3v) is 4.64. The number of amides is 1. The second-order valence-electron chi connectivity index (χ2n) is 7.48. The molecular weight excluding hydrogens is 362 g/mol. The van der Waals surface area contributed by atoms with Crippen LogP contribution in [0.5, 0.6) is 0 Å². The summed E-state index contributed by atoms with van der Waals surface area (Å²) in [4.78, 5) is 26.6. The smallest absolute Gasteiger partial charge is 0.410 e. The van der Waals surface area contributed by atoms with Crippen molar-refractivity contribution in [3.05, 3.63) is 0 Å². The predicted molar refractivity (Wildman–Crippen MR) is 96.3 cm³/mol. The maximum Gasteiger partial charge on any atom is 0.410 e. The fraction of sp³-hybridized carbons (Fsp3) is 0.882. The molecule has 0 aromatic heterocycles. The highest BCUT2D eigenvalue weighted by Gasteiger charge is 2.43. The minimum atomic E-state index is -3.74. The number of ether oxygens (including phenoxy) is 2. The number of likely N-dealkylation sites (tertiary alicyclic amines) is 1. The largest absolute Gasteiger partial charge is 0.444 e. The van der Waals surface area contributed by atoms with Crippen molar-refractivity contribution in [1.82, 2.24) is 4.90 Å². The summed E-state index contributed by atoms with van der Waals surface area (Å²) in [6.07, 6.45) is 0.455. The first kappa shape index (κ1) is 22.9. The third-order valence-electron chi connectivity index (χ3n) is 4.05. The van der Waals surface area contributed by atoms with Crippen LogP contribution >= 0.6 is 0 Å². The monoisotopic (exact) mass is 393 g/mol. The van der Waals surface area contributed by atoms with Crippen LogP contribution in [0.1, 0.15) is 47.5 Å². The van der Waals surface area contributed by atoms with E-state index in [0.717, 1.165) is 6.26 Å². The van der Waals surface area contributed by atoms with E-state index in [-0.39, 0.29) is 31.4 Å². The molecule has 0 aliphatic carbocycles. The second kappa shape index (κ2) is 9.14. The van der Waals surface area contributed by atoms with Gasteiger partial charge in [-0.3, -0.25) is 8.98 Å². The molecular formula is C17H31NO7S. The predicted octanol–water partition coefficient (Wildman–Crippen LogP) is 1.97. The molecule has 0 radical (unpaired) electrons. The van der Waals surface area contributed by atoms with Gasteiger partial charge in [0.15, 0.2) is 5.78 Å². The molecule has 1 rings (SSSR count). The maximum atomic E-state index is 12.6. The lowest BCUT2D eigenvalue weighted by Gasteiger charge is -2.42. The van der Waals surface area contributed by atoms with Crippen LogP contribution in [0.2, 0.25) is 0 Å². The molecule has 1 aliphatic heterocycles. The molecule has 0 bridgehead atoms. The maximum absolute atomic E-state index is 12.6. The zero-order valence-corrected chi connectivity index (χ0v) is 17.3. The van der Waals surface area contributed by atoms with Crippen molar-refractivity contribution in [2.24, 2.45) is 5.92 Å². The first-order valence-electron chi connectivity index (χ1n) is 8.86. The Balaban J connectivity index is 3.06. The van der Waals surface area contributed by atoms with E-state index in [1.54, 1.807) is 27.7 Å². The average molecular weight is 394 g/mol. The van der Waals surface area contributed by atoms with Gasteiger partial charge in [-0.05, 0) is 40.5 Å². The van der Waals surface area contributed by atoms with Crippen LogP contribution in [0.3, 0.4) is 0 Å². The molecule has 3 atom stereocenters. The van der Waals surface area contributed by atoms with E-state index < -0.39 is 33.8 Å². The highest BCUT2D eigenvalue weighted by atomic mass is 32.2. The minimum absolute atomic E-state index is 0.0412. The molecule has 26 heavy (non-hydrogen) atoms. The van der Waals surface area contributed by atoms with Crippen LogP contribution in [0.25, 0.3) is 0 Å². The molecule has 0 aromatic rings. The van der Waals surface area contributed by atoms with Crippen LogP contribution in [-0.2, 0) is 28.6 Å². The molecule has 3 unspecified atom stereocenters. The minimum Gasteiger partial charge on any atom is -0.444 e. The normalized spacial score (nSPS) is 24.4. The summed E-state index contributed by atoms with van der Waals surface area (Å²) >= 11 is 0. The van der Waals surface area contributed by atoms with E-state index >= 15 is 0 Å². The zero-order chi connectivity index (χ0) is 20.1. The van der Waals surface area contributed by atoms with Crippen molar-refractivity contribution in [3.8, 4) is 0 Å². The molecule has 9 heteroatoms. The van der Waals surface area contributed by atoms with Gasteiger partial charge in [-0.2, -0.15) is 8.42 Å². The molecule has 0 spiro atoms. The Morgan fingerprint density at radius 3 is 2.27 bits per heavy atom. The Bertz CT molecular complexity index is 597. The van der Waals surface area contributed by atoms with E-state index in [2.05, 4.69) is 0 Å². The summed E-state index contributed by atoms with van der Waals surface area (Å²) in [5.41, 5.74) is -0.666. The van der Waals surface area contributed by atoms with E-state index in [0.29, 0.717) is 13.0 Å². The Hall–Kier alpha value is -1.19. The first-order chi connectivity index (χ1) is 11.9. The van der Waals surface area contributed by atoms with E-state index in [4.69, 9.17) is 13.7 Å². The fourth-order valence-corrected chi connectivity index (χ4v) is 3.58. The second-order valence-corrected chi connectivity index (χ2v) is 9.08. The number of Topliss-reactive ketones (excluding diaryl/α,β-unsaturated/α-hetero) is 1. The summed E-state index contributed by atoms with van der Waals surface area (Å²) in [5.74, 6) is -1.07. The Morgan fingerprint density at radius 1 is 1.19 bits per heavy atom. The van der Waals surface area contributed by atoms with Gasteiger partial charge in [-0.15, -0.1) is 0 Å². The van der Waals surface area contributed by atoms with E-state index in [1.807, 2.05) is 6.92 Å². The molecule has 0 saturated carbocycles. The van der Waals surface area contributed by atoms with Crippen molar-refractivity contribution < 1.29 is 31.7 Å². The number of carbonyl (C=O) groups excluding carboxylic acids is 2. The molecule has 8 nitrogen and oxygen atoms in total. The molecule has 1 amide bonds. The number of hydrogen-bond acceptors (Lipinski definition) is 7. The van der Waals surface area contributed by atoms with Crippen LogP contribution in [0.15, 0.2) is 0 Å². The van der Waals surface area contributed by atoms with Gasteiger partial charge in [0.1, 0.15) is 12.2 Å². The lowest BCUT2D eigenvalue weighted by atomic mass is 9.86. The third kappa shape index (κ3) is 7.20. The zero-order valence-electron chi connectivity index (χ0n) is 16.5. The van der Waals surface area contributed by atoms with Gasteiger partial charge in [0.2, 0.25) is 0 Å². The van der Waals surface area contributed by atoms with Crippen LogP contribution < -0.4 is 0 Å². The van der Waals surface area contributed by atoms with E-state index in [1.165, 1.54) is 4.90 Å². The van der Waals surface area contributed by atoms with Crippen LogP contribution in [0.4, 0.5) is 4.79 Å². The topological polar surface area (TPSA) is 99.2 Å². The standard InChI is InChI=1S/C17H31NO7S/c1-7-12-9-15(25-26(6,21)22)13(14(19)11-23-8-2)10-18(12)16(20)24-17(3,4)5/h12-13,15H,7-11H2,1-6H3. The number of piperidine rings is 1. The summed E-state index contributed by atoms with van der Waals surface area (Å²) in [7, 11) is -3.74. The number of nitrogens with zero attached hydrogens (tertiary/aromatic N) is 1. The van der Waals surface area contributed by atoms with Gasteiger partial charge in [-0.1, -0.05) is 6.92 Å². The quantitative estimate of drug-likeness (QED) is 0.610. The Morgan fingerprint density at radius 2 is 1.81 bits per heavy atom. The molecule has 0 aromatic carbocycles. The average Bonchev–Trinajstić information content (AvgIpc) is 2.48. The van der Waals surface area contributed by atoms with Crippen LogP contribution in [-0.4, -0.2) is 69.0 Å². The molecule has 1 saturated heterocycles. The van der Waals surface area contributed by atoms with Gasteiger partial charge in [0.25, 0.3) is 10.1 Å². The molecule has 1 heterocycles. The molecule has 1 aliphatic rings. The Labute approximate surface area is 156 Å². The van der Waals surface area contributed by atoms with Gasteiger partial charge in [-0.25, -0.2) is 4.79 Å². The number of ketones is 1. The van der Waals surface area contributed by atoms with Crippen molar-refractivity contribution in [2.45, 2.75) is 65.2 Å². The van der Waals surface area contributed by atoms with Crippen LogP contribution in [0, 0.1) is 5.92 Å². The number of hydrogen-bond donors (Lipinski definition) is 0. The van der Waals surface area contributed by atoms with Crippen molar-refractivity contribution in [1.29, 1.82) is 0 Å². The van der Waals surface area contributed by atoms with Gasteiger partial charge in [0, 0.05) is 19.2 Å². The lowest BCUT2D eigenvalue weighted by Crippen LogP contribution is -2.56. The Kier molecular flexibility index (Phi) is 8.04. The van der Waals surface area contributed by atoms with E-state index in [9.17, 15) is 18.0 Å². The summed E-state index contributed by atoms with van der Waals surface area (Å²) in [5, 5.41) is 0. The lowest BCUT2D eigenvalue weighted by molar-refractivity contribution is -0.133. The number of rotatable bonds is 7. The van der Waals surface area contributed by atoms with Gasteiger partial charge >= 0.3 is 6.09 Å². The van der Waals surface area contributed by atoms with Crippen molar-refractivity contribution in [3.63, 3.8) is 0 Å². The molecule has 152 valence electrons. The summed E-state index contributed by atoms with van der Waals surface area (Å²) in [6.45, 7) is 9.21. The van der Waals surface area contributed by atoms with Crippen molar-refractivity contribution in [2.75, 3.05) is 26.0 Å². The molecule has 1 fully saturated rings. The first-order valence-corrected chi connectivity index (χ1v) is 10.7. The van der Waals surface area contributed by atoms with Crippen molar-refractivity contribution >= 4 is 22.0 Å². The molecule has 0 N–H and O–H groups in total. The fourth-order valence-electron chi connectivity index (χ4n) is 2.92. The summed E-state index contributed by atoms with van der Waals surface area (Å²) < 4.78 is 39.0. The highest BCUT2D eigenvalue weighted by molar-refractivity contribution is 7.86.